The number of fused-ring (bicyclic) bond motifs is 1. The van der Waals surface area contributed by atoms with Gasteiger partial charge in [0.2, 0.25) is 0 Å². The lowest BCUT2D eigenvalue weighted by molar-refractivity contribution is -0.101. The fraction of sp³-hybridized carbons (Fsp3) is 1.00. The number of aliphatic hydroxyl groups is 1. The summed E-state index contributed by atoms with van der Waals surface area (Å²) in [7, 11) is 0. The largest absolute Gasteiger partial charge is 0.393 e. The Labute approximate surface area is 77.3 Å². The van der Waals surface area contributed by atoms with Gasteiger partial charge in [-0.15, -0.1) is 0 Å². The molecule has 0 aromatic carbocycles. The van der Waals surface area contributed by atoms with Gasteiger partial charge in [0.1, 0.15) is 0 Å². The molecule has 13 heavy (non-hydrogen) atoms. The predicted molar refractivity (Wildman–Crippen MR) is 44.8 cm³/mol. The lowest BCUT2D eigenvalue weighted by Gasteiger charge is -2.52. The topological polar surface area (TPSA) is 29.5 Å². The Kier molecular flexibility index (Phi) is 0.783. The molecule has 2 nitrogen and oxygen atoms in total. The van der Waals surface area contributed by atoms with E-state index in [1.807, 2.05) is 0 Å². The van der Waals surface area contributed by atoms with Crippen LogP contribution < -0.4 is 0 Å². The summed E-state index contributed by atoms with van der Waals surface area (Å²) in [5.74, 6) is 4.74. The minimum Gasteiger partial charge on any atom is -0.393 e. The molecule has 0 amide bonds. The number of aliphatic hydroxyl groups excluding tert-OH is 1. The van der Waals surface area contributed by atoms with E-state index in [1.54, 1.807) is 0 Å². The van der Waals surface area contributed by atoms with Crippen molar-refractivity contribution in [2.45, 2.75) is 31.2 Å². The van der Waals surface area contributed by atoms with E-state index in [9.17, 15) is 5.11 Å². The van der Waals surface area contributed by atoms with Gasteiger partial charge in [-0.25, -0.2) is 0 Å². The molecular formula is C11H14O2. The number of rotatable bonds is 0. The van der Waals surface area contributed by atoms with Gasteiger partial charge in [0.05, 0.1) is 18.3 Å². The van der Waals surface area contributed by atoms with Crippen LogP contribution in [0, 0.1) is 35.5 Å². The van der Waals surface area contributed by atoms with Crippen molar-refractivity contribution < 1.29 is 9.84 Å². The zero-order valence-corrected chi connectivity index (χ0v) is 7.47. The van der Waals surface area contributed by atoms with Crippen LogP contribution in [0.5, 0.6) is 0 Å². The first-order valence-electron chi connectivity index (χ1n) is 5.70. The van der Waals surface area contributed by atoms with Crippen LogP contribution in [-0.4, -0.2) is 23.4 Å². The molecule has 4 aliphatic carbocycles. The third kappa shape index (κ3) is 0.435. The van der Waals surface area contributed by atoms with E-state index in [1.165, 1.54) is 6.42 Å². The second kappa shape index (κ2) is 1.59. The van der Waals surface area contributed by atoms with Crippen LogP contribution in [0.2, 0.25) is 0 Å². The van der Waals surface area contributed by atoms with Gasteiger partial charge in [-0.1, -0.05) is 0 Å². The zero-order valence-electron chi connectivity index (χ0n) is 7.47. The van der Waals surface area contributed by atoms with Crippen molar-refractivity contribution in [1.82, 2.24) is 0 Å². The first-order chi connectivity index (χ1) is 6.36. The van der Waals surface area contributed by atoms with E-state index >= 15 is 0 Å². The highest BCUT2D eigenvalue weighted by atomic mass is 16.5. The normalized spacial score (nSPS) is 80.5. The van der Waals surface area contributed by atoms with E-state index in [-0.39, 0.29) is 6.10 Å². The standard InChI is InChI=1S/C11H14O2/c12-6-2-5-7-3-1-4-9(8(3)6)11(5)13-10(4)7/h3-12H,1-2H2/t3?,4?,5?,6-,7?,8?,9?,10?,11-/m1/s1. The van der Waals surface area contributed by atoms with E-state index in [4.69, 9.17) is 4.74 Å². The zero-order chi connectivity index (χ0) is 8.32. The maximum Gasteiger partial charge on any atom is 0.0647 e. The van der Waals surface area contributed by atoms with Crippen LogP contribution in [0.25, 0.3) is 0 Å². The van der Waals surface area contributed by atoms with Crippen molar-refractivity contribution in [3.8, 4) is 0 Å². The molecule has 2 heteroatoms. The SMILES string of the molecule is O[C@@H]1CC2C3C4CC5C3O[C@H]2C5C41. The molecule has 6 rings (SSSR count). The first-order valence-corrected chi connectivity index (χ1v) is 5.70. The van der Waals surface area contributed by atoms with Crippen LogP contribution in [0.3, 0.4) is 0 Å². The van der Waals surface area contributed by atoms with Gasteiger partial charge in [0.15, 0.2) is 0 Å². The molecule has 2 aliphatic heterocycles. The second-order valence-corrected chi connectivity index (χ2v) is 5.83. The summed E-state index contributed by atoms with van der Waals surface area (Å²) in [6.07, 6.45) is 3.67. The highest BCUT2D eigenvalue weighted by molar-refractivity contribution is 5.24. The van der Waals surface area contributed by atoms with Gasteiger partial charge < -0.3 is 9.84 Å². The van der Waals surface area contributed by atoms with Crippen LogP contribution in [0.1, 0.15) is 12.8 Å². The average Bonchev–Trinajstić information content (AvgIpc) is 2.67. The minimum atomic E-state index is 0.0279. The Bertz CT molecular complexity index is 298. The van der Waals surface area contributed by atoms with Crippen LogP contribution in [0.4, 0.5) is 0 Å². The minimum absolute atomic E-state index is 0.0279. The lowest BCUT2D eigenvalue weighted by Crippen LogP contribution is -2.56. The molecule has 6 fully saturated rings. The number of ether oxygens (including phenoxy) is 1. The van der Waals surface area contributed by atoms with Gasteiger partial charge in [0.25, 0.3) is 0 Å². The van der Waals surface area contributed by atoms with E-state index in [0.717, 1.165) is 36.0 Å². The van der Waals surface area contributed by atoms with E-state index < -0.39 is 0 Å². The summed E-state index contributed by atoms with van der Waals surface area (Å²) in [4.78, 5) is 0. The highest BCUT2D eigenvalue weighted by Gasteiger charge is 2.77. The molecule has 2 heterocycles. The number of hydrogen-bond donors (Lipinski definition) is 1. The summed E-state index contributed by atoms with van der Waals surface area (Å²) >= 11 is 0. The smallest absolute Gasteiger partial charge is 0.0647 e. The van der Waals surface area contributed by atoms with Crippen molar-refractivity contribution >= 4 is 0 Å². The maximum atomic E-state index is 10.00. The molecule has 0 spiro atoms. The molecule has 0 aromatic rings. The van der Waals surface area contributed by atoms with Gasteiger partial charge in [0, 0.05) is 0 Å². The van der Waals surface area contributed by atoms with Gasteiger partial charge in [-0.3, -0.25) is 0 Å². The second-order valence-electron chi connectivity index (χ2n) is 5.83. The predicted octanol–water partition coefficient (Wildman–Crippen LogP) is 0.646. The fourth-order valence-electron chi connectivity index (χ4n) is 5.86. The molecule has 4 saturated carbocycles. The molecule has 0 aromatic heterocycles. The van der Waals surface area contributed by atoms with Crippen molar-refractivity contribution in [1.29, 1.82) is 0 Å². The van der Waals surface area contributed by atoms with Gasteiger partial charge in [-0.05, 0) is 48.3 Å². The molecule has 1 N–H and O–H groups in total. The summed E-state index contributed by atoms with van der Waals surface area (Å²) in [6.45, 7) is 0. The summed E-state index contributed by atoms with van der Waals surface area (Å²) < 4.78 is 6.08. The Balaban J connectivity index is 1.80. The first kappa shape index (κ1) is 6.41. The summed E-state index contributed by atoms with van der Waals surface area (Å²) in [5, 5.41) is 10.00. The Morgan fingerprint density at radius 1 is 0.846 bits per heavy atom. The molecule has 9 atom stereocenters. The van der Waals surface area contributed by atoms with Gasteiger partial charge in [-0.2, -0.15) is 0 Å². The molecule has 0 radical (unpaired) electrons. The Hall–Kier alpha value is -0.0800. The highest BCUT2D eigenvalue weighted by Crippen LogP contribution is 2.74. The quantitative estimate of drug-likeness (QED) is 0.590. The summed E-state index contributed by atoms with van der Waals surface area (Å²) in [6, 6.07) is 0. The van der Waals surface area contributed by atoms with E-state index in [0.29, 0.717) is 18.1 Å². The van der Waals surface area contributed by atoms with E-state index in [2.05, 4.69) is 0 Å². The van der Waals surface area contributed by atoms with Crippen molar-refractivity contribution in [3.63, 3.8) is 0 Å². The van der Waals surface area contributed by atoms with Crippen molar-refractivity contribution in [3.05, 3.63) is 0 Å². The molecule has 70 valence electrons. The summed E-state index contributed by atoms with van der Waals surface area (Å²) in [5.41, 5.74) is 0. The average molecular weight is 178 g/mol. The third-order valence-corrected chi connectivity index (χ3v) is 5.84. The monoisotopic (exact) mass is 178 g/mol. The third-order valence-electron chi connectivity index (χ3n) is 5.84. The van der Waals surface area contributed by atoms with Crippen LogP contribution in [0.15, 0.2) is 0 Å². The maximum absolute atomic E-state index is 10.00. The fourth-order valence-corrected chi connectivity index (χ4v) is 5.86. The van der Waals surface area contributed by atoms with Crippen molar-refractivity contribution in [2.75, 3.05) is 0 Å². The van der Waals surface area contributed by atoms with Gasteiger partial charge >= 0.3 is 0 Å². The lowest BCUT2D eigenvalue weighted by atomic mass is 9.52. The molecular weight excluding hydrogens is 164 g/mol. The van der Waals surface area contributed by atoms with Crippen LogP contribution >= 0.6 is 0 Å². The molecule has 7 unspecified atom stereocenters. The molecule has 6 aliphatic rings. The number of hydrogen-bond acceptors (Lipinski definition) is 2. The molecule has 6 bridgehead atoms. The Morgan fingerprint density at radius 3 is 2.54 bits per heavy atom. The van der Waals surface area contributed by atoms with Crippen molar-refractivity contribution in [2.24, 2.45) is 35.5 Å². The van der Waals surface area contributed by atoms with Crippen LogP contribution in [-0.2, 0) is 4.74 Å². The Morgan fingerprint density at radius 2 is 1.62 bits per heavy atom. The molecule has 2 saturated heterocycles.